The molecule has 1 aliphatic rings. The highest BCUT2D eigenvalue weighted by atomic mass is 19.4. The van der Waals surface area contributed by atoms with Crippen LogP contribution in [0.15, 0.2) is 24.3 Å². The van der Waals surface area contributed by atoms with E-state index >= 15 is 0 Å². The predicted octanol–water partition coefficient (Wildman–Crippen LogP) is 4.22. The van der Waals surface area contributed by atoms with E-state index in [0.29, 0.717) is 24.8 Å². The zero-order valence-electron chi connectivity index (χ0n) is 15.1. The van der Waals surface area contributed by atoms with E-state index in [4.69, 9.17) is 0 Å². The lowest BCUT2D eigenvalue weighted by atomic mass is 9.90. The van der Waals surface area contributed by atoms with Gasteiger partial charge in [0.2, 0.25) is 0 Å². The minimum absolute atomic E-state index is 0.000159. The third kappa shape index (κ3) is 3.94. The van der Waals surface area contributed by atoms with Crippen LogP contribution in [0.25, 0.3) is 6.08 Å². The zero-order chi connectivity index (χ0) is 20.6. The van der Waals surface area contributed by atoms with E-state index in [0.717, 1.165) is 6.07 Å². The Kier molecular flexibility index (Phi) is 5.87. The maximum atomic E-state index is 13.2. The molecule has 2 N–H and O–H groups in total. The number of allylic oxidation sites excluding steroid dienone is 1. The maximum absolute atomic E-state index is 13.2. The number of aliphatic hydroxyl groups is 1. The van der Waals surface area contributed by atoms with Crippen LogP contribution in [-0.4, -0.2) is 42.6 Å². The van der Waals surface area contributed by atoms with Gasteiger partial charge < -0.3 is 15.3 Å². The molecule has 0 bridgehead atoms. The van der Waals surface area contributed by atoms with Crippen molar-refractivity contribution < 1.29 is 31.4 Å². The van der Waals surface area contributed by atoms with Crippen molar-refractivity contribution in [3.05, 3.63) is 35.4 Å². The number of piperazine rings is 1. The summed E-state index contributed by atoms with van der Waals surface area (Å²) in [5.41, 5.74) is -5.49. The van der Waals surface area contributed by atoms with Crippen molar-refractivity contribution >= 4 is 11.8 Å². The summed E-state index contributed by atoms with van der Waals surface area (Å²) in [6, 6.07) is 2.78. The Morgan fingerprint density at radius 1 is 1.11 bits per heavy atom. The Hall–Kier alpha value is -1.74. The quantitative estimate of drug-likeness (QED) is 0.751. The third-order valence-corrected chi connectivity index (χ3v) is 4.69. The van der Waals surface area contributed by atoms with Crippen LogP contribution in [0.2, 0.25) is 0 Å². The molecule has 0 spiro atoms. The van der Waals surface area contributed by atoms with Crippen LogP contribution in [-0.2, 0) is 5.60 Å². The molecule has 152 valence electrons. The standard InChI is InChI=1S/C18H22F6N2O/c1-4-5-13-8-14(16(27,17(19,20)21)18(22,23)24)6-7-15(13)26-10-11(2)25-9-12(26)3/h4-8,11-12,25,27H,9-10H2,1-3H3/t11-,12+/m0/s1. The highest BCUT2D eigenvalue weighted by molar-refractivity contribution is 5.69. The molecule has 0 aliphatic carbocycles. The van der Waals surface area contributed by atoms with Crippen molar-refractivity contribution in [1.82, 2.24) is 5.32 Å². The number of nitrogens with one attached hydrogen (secondary N) is 1. The zero-order valence-corrected chi connectivity index (χ0v) is 15.1. The maximum Gasteiger partial charge on any atom is 0.430 e. The SMILES string of the molecule is CC=Cc1cc(C(O)(C(F)(F)F)C(F)(F)F)ccc1N1C[C@H](C)NC[C@H]1C. The number of nitrogens with zero attached hydrogens (tertiary/aromatic N) is 1. The van der Waals surface area contributed by atoms with E-state index in [1.807, 2.05) is 18.7 Å². The van der Waals surface area contributed by atoms with Crippen LogP contribution in [0.3, 0.4) is 0 Å². The highest BCUT2D eigenvalue weighted by Gasteiger charge is 2.71. The van der Waals surface area contributed by atoms with Gasteiger partial charge in [-0.15, -0.1) is 0 Å². The van der Waals surface area contributed by atoms with Gasteiger partial charge >= 0.3 is 12.4 Å². The second kappa shape index (κ2) is 7.35. The molecule has 1 aromatic rings. The second-order valence-electron chi connectivity index (χ2n) is 6.79. The van der Waals surface area contributed by atoms with Gasteiger partial charge in [-0.1, -0.05) is 18.2 Å². The molecular formula is C18H22F6N2O. The first-order valence-corrected chi connectivity index (χ1v) is 8.46. The van der Waals surface area contributed by atoms with E-state index in [1.165, 1.54) is 18.2 Å². The molecule has 0 radical (unpaired) electrons. The number of hydrogen-bond donors (Lipinski definition) is 2. The van der Waals surface area contributed by atoms with Gasteiger partial charge in [0.1, 0.15) is 0 Å². The Labute approximate surface area is 153 Å². The molecule has 9 heteroatoms. The molecule has 1 heterocycles. The average Bonchev–Trinajstić information content (AvgIpc) is 2.54. The Balaban J connectivity index is 2.61. The van der Waals surface area contributed by atoms with Crippen molar-refractivity contribution in [3.8, 4) is 0 Å². The van der Waals surface area contributed by atoms with Crippen LogP contribution in [0, 0.1) is 0 Å². The van der Waals surface area contributed by atoms with Gasteiger partial charge in [0.25, 0.3) is 5.60 Å². The van der Waals surface area contributed by atoms with Crippen LogP contribution >= 0.6 is 0 Å². The van der Waals surface area contributed by atoms with Crippen LogP contribution in [0.5, 0.6) is 0 Å². The molecule has 0 aromatic heterocycles. The molecule has 1 aromatic carbocycles. The summed E-state index contributed by atoms with van der Waals surface area (Å²) in [6.45, 7) is 6.64. The third-order valence-electron chi connectivity index (χ3n) is 4.69. The summed E-state index contributed by atoms with van der Waals surface area (Å²) in [6.07, 6.45) is -8.85. The topological polar surface area (TPSA) is 35.5 Å². The van der Waals surface area contributed by atoms with Crippen molar-refractivity contribution in [2.45, 2.75) is 50.8 Å². The van der Waals surface area contributed by atoms with Crippen LogP contribution in [0.1, 0.15) is 31.9 Å². The van der Waals surface area contributed by atoms with E-state index in [9.17, 15) is 31.4 Å². The number of alkyl halides is 6. The highest BCUT2D eigenvalue weighted by Crippen LogP contribution is 2.50. The van der Waals surface area contributed by atoms with Gasteiger partial charge in [0, 0.05) is 36.4 Å². The van der Waals surface area contributed by atoms with E-state index in [1.54, 1.807) is 6.92 Å². The molecule has 0 saturated carbocycles. The number of halogens is 6. The second-order valence-corrected chi connectivity index (χ2v) is 6.79. The van der Waals surface area contributed by atoms with Crippen molar-refractivity contribution in [1.29, 1.82) is 0 Å². The Morgan fingerprint density at radius 3 is 2.22 bits per heavy atom. The van der Waals surface area contributed by atoms with Gasteiger partial charge in [-0.05, 0) is 38.5 Å². The number of anilines is 1. The van der Waals surface area contributed by atoms with Gasteiger partial charge in [-0.2, -0.15) is 26.3 Å². The van der Waals surface area contributed by atoms with Crippen LogP contribution in [0.4, 0.5) is 32.0 Å². The van der Waals surface area contributed by atoms with Gasteiger partial charge in [0.05, 0.1) is 0 Å². The Morgan fingerprint density at radius 2 is 1.70 bits per heavy atom. The molecular weight excluding hydrogens is 374 g/mol. The number of rotatable bonds is 3. The smallest absolute Gasteiger partial charge is 0.369 e. The fourth-order valence-corrected chi connectivity index (χ4v) is 3.20. The lowest BCUT2D eigenvalue weighted by Gasteiger charge is -2.40. The molecule has 1 aliphatic heterocycles. The summed E-state index contributed by atoms with van der Waals surface area (Å²) in [5.74, 6) is 0. The summed E-state index contributed by atoms with van der Waals surface area (Å²) >= 11 is 0. The van der Waals surface area contributed by atoms with Crippen molar-refractivity contribution in [2.24, 2.45) is 0 Å². The number of hydrogen-bond acceptors (Lipinski definition) is 3. The average molecular weight is 396 g/mol. The number of benzene rings is 1. The summed E-state index contributed by atoms with van der Waals surface area (Å²) in [7, 11) is 0. The van der Waals surface area contributed by atoms with E-state index < -0.39 is 23.5 Å². The first-order valence-electron chi connectivity index (χ1n) is 8.46. The summed E-state index contributed by atoms with van der Waals surface area (Å²) < 4.78 is 79.0. The fraction of sp³-hybridized carbons (Fsp3) is 0.556. The van der Waals surface area contributed by atoms with Crippen molar-refractivity contribution in [2.75, 3.05) is 18.0 Å². The van der Waals surface area contributed by atoms with E-state index in [2.05, 4.69) is 5.32 Å². The van der Waals surface area contributed by atoms with Gasteiger partial charge in [-0.25, -0.2) is 0 Å². The lowest BCUT2D eigenvalue weighted by molar-refractivity contribution is -0.376. The molecule has 0 amide bonds. The van der Waals surface area contributed by atoms with Crippen LogP contribution < -0.4 is 10.2 Å². The molecule has 3 nitrogen and oxygen atoms in total. The first-order chi connectivity index (χ1) is 12.3. The predicted molar refractivity (Wildman–Crippen MR) is 91.4 cm³/mol. The lowest BCUT2D eigenvalue weighted by Crippen LogP contribution is -2.55. The molecule has 27 heavy (non-hydrogen) atoms. The first kappa shape index (κ1) is 21.6. The van der Waals surface area contributed by atoms with Crippen molar-refractivity contribution in [3.63, 3.8) is 0 Å². The van der Waals surface area contributed by atoms with Gasteiger partial charge in [-0.3, -0.25) is 0 Å². The monoisotopic (exact) mass is 396 g/mol. The van der Waals surface area contributed by atoms with E-state index in [-0.39, 0.29) is 17.6 Å². The molecule has 1 saturated heterocycles. The Bertz CT molecular complexity index is 684. The molecule has 2 atom stereocenters. The summed E-state index contributed by atoms with van der Waals surface area (Å²) in [4.78, 5) is 1.93. The summed E-state index contributed by atoms with van der Waals surface area (Å²) in [5, 5.41) is 12.9. The minimum Gasteiger partial charge on any atom is -0.369 e. The van der Waals surface area contributed by atoms with Gasteiger partial charge in [0.15, 0.2) is 0 Å². The fourth-order valence-electron chi connectivity index (χ4n) is 3.20. The minimum atomic E-state index is -5.91. The normalized spacial score (nSPS) is 22.5. The molecule has 0 unspecified atom stereocenters. The molecule has 1 fully saturated rings. The molecule has 2 rings (SSSR count). The largest absolute Gasteiger partial charge is 0.430 e.